The highest BCUT2D eigenvalue weighted by Gasteiger charge is 2.55. The Morgan fingerprint density at radius 1 is 1.06 bits per heavy atom. The van der Waals surface area contributed by atoms with E-state index in [1.165, 1.54) is 12.1 Å². The molecule has 0 fully saturated rings. The van der Waals surface area contributed by atoms with E-state index in [2.05, 4.69) is 0 Å². The van der Waals surface area contributed by atoms with Gasteiger partial charge in [-0.25, -0.2) is 9.18 Å². The molecule has 6 nitrogen and oxygen atoms in total. The number of esters is 1. The summed E-state index contributed by atoms with van der Waals surface area (Å²) in [7, 11) is 0. The molecule has 4 rings (SSSR count). The molecule has 0 radical (unpaired) electrons. The van der Waals surface area contributed by atoms with Crippen molar-refractivity contribution in [3.8, 4) is 11.1 Å². The number of aliphatic hydroxyl groups is 1. The molecule has 0 spiro atoms. The molecule has 0 aromatic heterocycles. The van der Waals surface area contributed by atoms with Gasteiger partial charge in [-0.15, -0.1) is 0 Å². The third kappa shape index (κ3) is 3.48. The van der Waals surface area contributed by atoms with Gasteiger partial charge in [-0.05, 0) is 40.5 Å². The van der Waals surface area contributed by atoms with E-state index in [0.29, 0.717) is 16.7 Å². The topological polar surface area (TPSA) is 116 Å². The van der Waals surface area contributed by atoms with Gasteiger partial charge in [0.05, 0.1) is 5.56 Å². The van der Waals surface area contributed by atoms with E-state index in [4.69, 9.17) is 16.2 Å². The van der Waals surface area contributed by atoms with Gasteiger partial charge in [0, 0.05) is 18.5 Å². The van der Waals surface area contributed by atoms with E-state index < -0.39 is 29.4 Å². The second kappa shape index (κ2) is 7.94. The molecule has 158 valence electrons. The number of rotatable bonds is 5. The monoisotopic (exact) mass is 420 g/mol. The molecule has 3 aromatic rings. The normalized spacial score (nSPS) is 19.6. The van der Waals surface area contributed by atoms with Crippen molar-refractivity contribution in [1.82, 2.24) is 0 Å². The first-order chi connectivity index (χ1) is 14.9. The summed E-state index contributed by atoms with van der Waals surface area (Å²) >= 11 is 0. The Hall–Kier alpha value is -3.55. The Labute approximate surface area is 178 Å². The number of hydrogen-bond donors (Lipinski definition) is 3. The molecule has 7 heteroatoms. The highest BCUT2D eigenvalue weighted by atomic mass is 19.1. The van der Waals surface area contributed by atoms with Gasteiger partial charge >= 0.3 is 5.97 Å². The molecule has 3 aromatic carbocycles. The second-order valence-corrected chi connectivity index (χ2v) is 7.47. The van der Waals surface area contributed by atoms with Crippen LogP contribution in [0.25, 0.3) is 11.1 Å². The Morgan fingerprint density at radius 2 is 1.81 bits per heavy atom. The van der Waals surface area contributed by atoms with E-state index in [0.717, 1.165) is 5.56 Å². The molecule has 5 N–H and O–H groups in total. The van der Waals surface area contributed by atoms with Crippen LogP contribution in [0.5, 0.6) is 0 Å². The molecular weight excluding hydrogens is 399 g/mol. The Kier molecular flexibility index (Phi) is 5.31. The Morgan fingerprint density at radius 3 is 2.45 bits per heavy atom. The number of nitrogens with two attached hydrogens (primary N) is 2. The van der Waals surface area contributed by atoms with E-state index in [1.54, 1.807) is 24.3 Å². The summed E-state index contributed by atoms with van der Waals surface area (Å²) in [5.74, 6) is -2.95. The summed E-state index contributed by atoms with van der Waals surface area (Å²) in [6, 6.07) is 18.2. The lowest BCUT2D eigenvalue weighted by molar-refractivity contribution is -0.150. The lowest BCUT2D eigenvalue weighted by atomic mass is 9.91. The zero-order valence-electron chi connectivity index (χ0n) is 16.5. The number of fused-ring (bicyclic) bond motifs is 1. The third-order valence-corrected chi connectivity index (χ3v) is 5.61. The number of primary amides is 1. The molecule has 0 heterocycles. The summed E-state index contributed by atoms with van der Waals surface area (Å²) in [6.07, 6.45) is -1.34. The largest absolute Gasteiger partial charge is 0.437 e. The van der Waals surface area contributed by atoms with Gasteiger partial charge in [0.25, 0.3) is 5.91 Å². The van der Waals surface area contributed by atoms with Crippen LogP contribution in [-0.2, 0) is 28.1 Å². The fourth-order valence-corrected chi connectivity index (χ4v) is 3.97. The molecule has 1 aliphatic carbocycles. The molecule has 0 saturated heterocycles. The Balaban J connectivity index is 1.71. The first kappa shape index (κ1) is 20.7. The van der Waals surface area contributed by atoms with Crippen LogP contribution in [0.2, 0.25) is 0 Å². The highest BCUT2D eigenvalue weighted by molar-refractivity contribution is 5.96. The molecule has 2 atom stereocenters. The van der Waals surface area contributed by atoms with Crippen molar-refractivity contribution in [1.29, 1.82) is 0 Å². The number of halogens is 1. The van der Waals surface area contributed by atoms with E-state index in [9.17, 15) is 19.1 Å². The van der Waals surface area contributed by atoms with Crippen LogP contribution in [0, 0.1) is 5.82 Å². The molecule has 0 bridgehead atoms. The van der Waals surface area contributed by atoms with Gasteiger partial charge in [0.2, 0.25) is 5.60 Å². The summed E-state index contributed by atoms with van der Waals surface area (Å²) < 4.78 is 20.3. The van der Waals surface area contributed by atoms with Gasteiger partial charge in [-0.1, -0.05) is 48.5 Å². The van der Waals surface area contributed by atoms with Gasteiger partial charge in [0.1, 0.15) is 11.9 Å². The van der Waals surface area contributed by atoms with E-state index in [-0.39, 0.29) is 24.1 Å². The van der Waals surface area contributed by atoms with E-state index in [1.807, 2.05) is 30.3 Å². The van der Waals surface area contributed by atoms with Crippen LogP contribution in [0.15, 0.2) is 66.7 Å². The zero-order valence-corrected chi connectivity index (χ0v) is 16.5. The lowest BCUT2D eigenvalue weighted by Crippen LogP contribution is -2.51. The average molecular weight is 420 g/mol. The number of carbonyl (C=O) groups excluding carboxylic acids is 2. The zero-order chi connectivity index (χ0) is 22.2. The molecule has 0 aliphatic heterocycles. The van der Waals surface area contributed by atoms with Crippen molar-refractivity contribution in [3.63, 3.8) is 0 Å². The van der Waals surface area contributed by atoms with Gasteiger partial charge in [-0.2, -0.15) is 0 Å². The third-order valence-electron chi connectivity index (χ3n) is 5.61. The van der Waals surface area contributed by atoms with Crippen molar-refractivity contribution in [2.24, 2.45) is 11.5 Å². The number of aliphatic hydroxyl groups excluding tert-OH is 1. The predicted molar refractivity (Wildman–Crippen MR) is 112 cm³/mol. The minimum atomic E-state index is -2.12. The van der Waals surface area contributed by atoms with Crippen molar-refractivity contribution in [2.45, 2.75) is 24.7 Å². The SMILES string of the molecule is NCc1ccc2c(c1)C(OC(=O)c1ccc(-c3ccccc3)cc1F)(C(N)=O)C(O)C2. The minimum Gasteiger partial charge on any atom is -0.437 e. The summed E-state index contributed by atoms with van der Waals surface area (Å²) in [5, 5.41) is 10.6. The molecule has 1 aliphatic rings. The Bertz CT molecular complexity index is 1170. The highest BCUT2D eigenvalue weighted by Crippen LogP contribution is 2.41. The van der Waals surface area contributed by atoms with Crippen LogP contribution >= 0.6 is 0 Å². The lowest BCUT2D eigenvalue weighted by Gasteiger charge is -2.30. The summed E-state index contributed by atoms with van der Waals surface area (Å²) in [5.41, 5.74) is 11.7. The van der Waals surface area contributed by atoms with Gasteiger partial charge in [-0.3, -0.25) is 4.79 Å². The fourth-order valence-electron chi connectivity index (χ4n) is 3.97. The minimum absolute atomic E-state index is 0.0613. The average Bonchev–Trinajstić information content (AvgIpc) is 3.05. The van der Waals surface area contributed by atoms with Crippen LogP contribution < -0.4 is 11.5 Å². The number of amides is 1. The smallest absolute Gasteiger partial charge is 0.342 e. The molecule has 0 saturated carbocycles. The van der Waals surface area contributed by atoms with Gasteiger partial charge in [0.15, 0.2) is 0 Å². The van der Waals surface area contributed by atoms with Gasteiger partial charge < -0.3 is 21.3 Å². The predicted octanol–water partition coefficient (Wildman–Crippen LogP) is 2.41. The fraction of sp³-hybridized carbons (Fsp3) is 0.167. The molecule has 2 unspecified atom stereocenters. The number of benzene rings is 3. The maximum absolute atomic E-state index is 14.8. The first-order valence-electron chi connectivity index (χ1n) is 9.75. The quantitative estimate of drug-likeness (QED) is 0.548. The van der Waals surface area contributed by atoms with Crippen molar-refractivity contribution < 1.29 is 23.8 Å². The summed E-state index contributed by atoms with van der Waals surface area (Å²) in [4.78, 5) is 25.3. The molecular formula is C24H21FN2O4. The van der Waals surface area contributed by atoms with Crippen molar-refractivity contribution in [3.05, 3.63) is 94.8 Å². The van der Waals surface area contributed by atoms with Crippen LogP contribution in [0.3, 0.4) is 0 Å². The molecule has 31 heavy (non-hydrogen) atoms. The first-order valence-corrected chi connectivity index (χ1v) is 9.75. The second-order valence-electron chi connectivity index (χ2n) is 7.47. The van der Waals surface area contributed by atoms with Crippen LogP contribution in [0.4, 0.5) is 4.39 Å². The summed E-state index contributed by atoms with van der Waals surface area (Å²) in [6.45, 7) is 0.182. The molecule has 1 amide bonds. The van der Waals surface area contributed by atoms with Crippen LogP contribution in [-0.4, -0.2) is 23.1 Å². The maximum atomic E-state index is 14.8. The standard InChI is InChI=1S/C24H21FN2O4/c25-20-11-16(15-4-2-1-3-5-15)8-9-18(20)22(29)31-24(23(27)30)19-10-14(13-26)6-7-17(19)12-21(24)28/h1-11,21,28H,12-13,26H2,(H2,27,30). The number of hydrogen-bond acceptors (Lipinski definition) is 5. The number of carbonyl (C=O) groups is 2. The number of ether oxygens (including phenoxy) is 1. The maximum Gasteiger partial charge on any atom is 0.342 e. The van der Waals surface area contributed by atoms with Crippen molar-refractivity contribution >= 4 is 11.9 Å². The van der Waals surface area contributed by atoms with Crippen LogP contribution in [0.1, 0.15) is 27.0 Å². The van der Waals surface area contributed by atoms with Crippen molar-refractivity contribution in [2.75, 3.05) is 0 Å². The van der Waals surface area contributed by atoms with E-state index >= 15 is 0 Å².